The number of nitrogens with one attached hydrogen (secondary N) is 1. The van der Waals surface area contributed by atoms with Crippen LogP contribution in [0.2, 0.25) is 0 Å². The average Bonchev–Trinajstić information content (AvgIpc) is 3.29. The molecule has 2 aliphatic rings. The third-order valence-corrected chi connectivity index (χ3v) is 6.91. The van der Waals surface area contributed by atoms with Gasteiger partial charge in [0.15, 0.2) is 11.5 Å². The maximum Gasteiger partial charge on any atom is 0.341 e. The van der Waals surface area contributed by atoms with Crippen molar-refractivity contribution in [2.45, 2.75) is 40.0 Å². The molecular weight excluding hydrogens is 390 g/mol. The van der Waals surface area contributed by atoms with E-state index in [1.54, 1.807) is 18.2 Å². The summed E-state index contributed by atoms with van der Waals surface area (Å²) in [5.41, 5.74) is 2.16. The highest BCUT2D eigenvalue weighted by molar-refractivity contribution is 7.17. The molecule has 0 saturated carbocycles. The van der Waals surface area contributed by atoms with Crippen molar-refractivity contribution in [2.24, 2.45) is 11.3 Å². The van der Waals surface area contributed by atoms with Gasteiger partial charge in [-0.05, 0) is 54.4 Å². The van der Waals surface area contributed by atoms with Crippen molar-refractivity contribution in [2.75, 3.05) is 19.2 Å². The molecule has 1 aromatic carbocycles. The van der Waals surface area contributed by atoms with E-state index in [-0.39, 0.29) is 18.1 Å². The van der Waals surface area contributed by atoms with E-state index in [9.17, 15) is 9.59 Å². The van der Waals surface area contributed by atoms with Gasteiger partial charge >= 0.3 is 5.97 Å². The van der Waals surface area contributed by atoms with Crippen LogP contribution in [0.5, 0.6) is 11.5 Å². The van der Waals surface area contributed by atoms with Crippen molar-refractivity contribution in [3.8, 4) is 11.5 Å². The van der Waals surface area contributed by atoms with E-state index in [4.69, 9.17) is 14.2 Å². The topological polar surface area (TPSA) is 73.9 Å². The number of hydrogen-bond donors (Lipinski definition) is 1. The molecule has 2 heterocycles. The number of carbonyl (C=O) groups is 2. The highest BCUT2D eigenvalue weighted by atomic mass is 32.1. The van der Waals surface area contributed by atoms with Crippen LogP contribution in [0.4, 0.5) is 5.00 Å². The number of hydrogen-bond acceptors (Lipinski definition) is 6. The number of carbonyl (C=O) groups excluding carboxylic acids is 2. The van der Waals surface area contributed by atoms with E-state index in [0.717, 1.165) is 29.7 Å². The Kier molecular flexibility index (Phi) is 5.02. The fourth-order valence-electron chi connectivity index (χ4n) is 3.94. The number of ether oxygens (including phenoxy) is 3. The molecule has 7 heteroatoms. The zero-order valence-electron chi connectivity index (χ0n) is 17.1. The Morgan fingerprint density at radius 3 is 2.69 bits per heavy atom. The summed E-state index contributed by atoms with van der Waals surface area (Å²) in [6.07, 6.45) is 2.75. The molecule has 2 aromatic rings. The molecule has 1 aliphatic heterocycles. The van der Waals surface area contributed by atoms with Gasteiger partial charge in [-0.3, -0.25) is 4.79 Å². The summed E-state index contributed by atoms with van der Waals surface area (Å²) in [4.78, 5) is 26.5. The smallest absolute Gasteiger partial charge is 0.341 e. The van der Waals surface area contributed by atoms with E-state index in [0.29, 0.717) is 33.5 Å². The first-order valence-corrected chi connectivity index (χ1v) is 10.5. The van der Waals surface area contributed by atoms with Crippen molar-refractivity contribution in [1.29, 1.82) is 0 Å². The van der Waals surface area contributed by atoms with Gasteiger partial charge < -0.3 is 19.5 Å². The van der Waals surface area contributed by atoms with Gasteiger partial charge in [-0.1, -0.05) is 20.8 Å². The summed E-state index contributed by atoms with van der Waals surface area (Å²) in [5, 5.41) is 3.48. The van der Waals surface area contributed by atoms with Crippen molar-refractivity contribution in [1.82, 2.24) is 0 Å². The first kappa shape index (κ1) is 19.8. The van der Waals surface area contributed by atoms with Crippen LogP contribution in [-0.4, -0.2) is 25.8 Å². The van der Waals surface area contributed by atoms with Crippen LogP contribution in [0, 0.1) is 11.3 Å². The summed E-state index contributed by atoms with van der Waals surface area (Å²) >= 11 is 1.49. The van der Waals surface area contributed by atoms with Crippen LogP contribution in [0.25, 0.3) is 0 Å². The van der Waals surface area contributed by atoms with Gasteiger partial charge in [0.05, 0.1) is 12.7 Å². The normalized spacial score (nSPS) is 17.6. The molecular formula is C22H25NO5S. The minimum atomic E-state index is -0.405. The Morgan fingerprint density at radius 1 is 1.21 bits per heavy atom. The molecule has 29 heavy (non-hydrogen) atoms. The van der Waals surface area contributed by atoms with Gasteiger partial charge in [0.2, 0.25) is 6.79 Å². The molecule has 0 fully saturated rings. The second-order valence-corrected chi connectivity index (χ2v) is 9.63. The summed E-state index contributed by atoms with van der Waals surface area (Å²) in [6.45, 7) is 6.90. The Bertz CT molecular complexity index is 972. The summed E-state index contributed by atoms with van der Waals surface area (Å²) in [7, 11) is 1.37. The molecule has 0 spiro atoms. The molecule has 4 rings (SSSR count). The van der Waals surface area contributed by atoms with Gasteiger partial charge in [0, 0.05) is 10.4 Å². The lowest BCUT2D eigenvalue weighted by Gasteiger charge is -2.33. The SMILES string of the molecule is COC(=O)c1c(NC(=O)c2ccc3c(c2)OCO3)sc2c1CC[C@@H](C(C)(C)C)C2. The average molecular weight is 416 g/mol. The standard InChI is InChI=1S/C22H25NO5S/c1-22(2,3)13-6-7-14-17(10-13)29-20(18(14)21(25)26-4)23-19(24)12-5-8-15-16(9-12)28-11-27-15/h5,8-9,13H,6-7,10-11H2,1-4H3,(H,23,24)/t13-/m1/s1. The lowest BCUT2D eigenvalue weighted by molar-refractivity contribution is 0.0600. The molecule has 1 aliphatic carbocycles. The lowest BCUT2D eigenvalue weighted by Crippen LogP contribution is -2.26. The Balaban J connectivity index is 1.64. The number of fused-ring (bicyclic) bond motifs is 2. The summed E-state index contributed by atoms with van der Waals surface area (Å²) < 4.78 is 15.7. The molecule has 1 atom stereocenters. The molecule has 6 nitrogen and oxygen atoms in total. The summed E-state index contributed by atoms with van der Waals surface area (Å²) in [6, 6.07) is 5.05. The van der Waals surface area contributed by atoms with Crippen LogP contribution in [0.3, 0.4) is 0 Å². The van der Waals surface area contributed by atoms with E-state index in [2.05, 4.69) is 26.1 Å². The van der Waals surface area contributed by atoms with Crippen molar-refractivity contribution < 1.29 is 23.8 Å². The van der Waals surface area contributed by atoms with Crippen LogP contribution in [0.15, 0.2) is 18.2 Å². The first-order valence-electron chi connectivity index (χ1n) is 9.71. The van der Waals surface area contributed by atoms with E-state index in [1.165, 1.54) is 18.4 Å². The fourth-order valence-corrected chi connectivity index (χ4v) is 5.25. The number of esters is 1. The van der Waals surface area contributed by atoms with Crippen LogP contribution >= 0.6 is 11.3 Å². The maximum atomic E-state index is 12.9. The molecule has 1 aromatic heterocycles. The predicted octanol–water partition coefficient (Wildman–Crippen LogP) is 4.67. The number of amides is 1. The summed E-state index contributed by atoms with van der Waals surface area (Å²) in [5.74, 6) is 1.01. The van der Waals surface area contributed by atoms with Gasteiger partial charge in [-0.15, -0.1) is 11.3 Å². The molecule has 154 valence electrons. The van der Waals surface area contributed by atoms with Crippen LogP contribution in [-0.2, 0) is 17.6 Å². The quantitative estimate of drug-likeness (QED) is 0.738. The third kappa shape index (κ3) is 3.71. The highest BCUT2D eigenvalue weighted by Crippen LogP contribution is 2.44. The Labute approximate surface area is 174 Å². The Hall–Kier alpha value is -2.54. The van der Waals surface area contributed by atoms with Crippen molar-refractivity contribution >= 4 is 28.2 Å². The highest BCUT2D eigenvalue weighted by Gasteiger charge is 2.34. The van der Waals surface area contributed by atoms with Gasteiger partial charge in [-0.2, -0.15) is 0 Å². The monoisotopic (exact) mass is 415 g/mol. The zero-order valence-corrected chi connectivity index (χ0v) is 17.9. The molecule has 0 radical (unpaired) electrons. The van der Waals surface area contributed by atoms with Crippen LogP contribution in [0.1, 0.15) is 58.3 Å². The predicted molar refractivity (Wildman–Crippen MR) is 111 cm³/mol. The minimum absolute atomic E-state index is 0.152. The Morgan fingerprint density at radius 2 is 1.97 bits per heavy atom. The number of anilines is 1. The third-order valence-electron chi connectivity index (χ3n) is 5.74. The number of rotatable bonds is 3. The fraction of sp³-hybridized carbons (Fsp3) is 0.455. The molecule has 0 bridgehead atoms. The number of methoxy groups -OCH3 is 1. The zero-order chi connectivity index (χ0) is 20.8. The minimum Gasteiger partial charge on any atom is -0.465 e. The van der Waals surface area contributed by atoms with E-state index < -0.39 is 5.97 Å². The second-order valence-electron chi connectivity index (χ2n) is 8.53. The lowest BCUT2D eigenvalue weighted by atomic mass is 9.72. The van der Waals surface area contributed by atoms with Gasteiger partial charge in [-0.25, -0.2) is 4.79 Å². The molecule has 1 amide bonds. The van der Waals surface area contributed by atoms with Crippen LogP contribution < -0.4 is 14.8 Å². The molecule has 0 saturated heterocycles. The van der Waals surface area contributed by atoms with E-state index >= 15 is 0 Å². The van der Waals surface area contributed by atoms with Gasteiger partial charge in [0.1, 0.15) is 5.00 Å². The number of benzene rings is 1. The largest absolute Gasteiger partial charge is 0.465 e. The van der Waals surface area contributed by atoms with Crippen molar-refractivity contribution in [3.63, 3.8) is 0 Å². The molecule has 0 unspecified atom stereocenters. The van der Waals surface area contributed by atoms with Crippen molar-refractivity contribution in [3.05, 3.63) is 39.8 Å². The maximum absolute atomic E-state index is 12.9. The number of thiophene rings is 1. The van der Waals surface area contributed by atoms with E-state index in [1.807, 2.05) is 0 Å². The second kappa shape index (κ2) is 7.37. The first-order chi connectivity index (χ1) is 13.8. The van der Waals surface area contributed by atoms with Gasteiger partial charge in [0.25, 0.3) is 5.91 Å². The molecule has 1 N–H and O–H groups in total.